The van der Waals surface area contributed by atoms with Crippen LogP contribution in [0.2, 0.25) is 0 Å². The molecule has 0 aliphatic heterocycles. The molecule has 300 valence electrons. The lowest BCUT2D eigenvalue weighted by atomic mass is 9.67. The molecule has 2 aromatic heterocycles. The molecule has 3 heteroatoms. The maximum Gasteiger partial charge on any atom is 0.159 e. The number of hydrogen-bond donors (Lipinski definition) is 0. The van der Waals surface area contributed by atoms with Gasteiger partial charge in [-0.05, 0) is 86.5 Å². The number of benzene rings is 10. The van der Waals surface area contributed by atoms with Gasteiger partial charge in [0.1, 0.15) is 5.58 Å². The largest absolute Gasteiger partial charge is 0.453 e. The van der Waals surface area contributed by atoms with Crippen LogP contribution in [0.25, 0.3) is 75.5 Å². The van der Waals surface area contributed by atoms with Crippen molar-refractivity contribution in [1.82, 2.24) is 0 Å². The number of nitrogens with zero attached hydrogens (tertiary/aromatic N) is 1. The van der Waals surface area contributed by atoms with Gasteiger partial charge >= 0.3 is 0 Å². The van der Waals surface area contributed by atoms with E-state index in [9.17, 15) is 0 Å². The van der Waals surface area contributed by atoms with Crippen LogP contribution in [0, 0.1) is 0 Å². The Hall–Kier alpha value is -7.98. The zero-order chi connectivity index (χ0) is 42.2. The van der Waals surface area contributed by atoms with Gasteiger partial charge in [-0.25, -0.2) is 0 Å². The smallest absolute Gasteiger partial charge is 0.159 e. The minimum absolute atomic E-state index is 0.595. The van der Waals surface area contributed by atoms with E-state index in [0.717, 1.165) is 44.6 Å². The van der Waals surface area contributed by atoms with Gasteiger partial charge in [0.25, 0.3) is 0 Å². The summed E-state index contributed by atoms with van der Waals surface area (Å²) in [5, 5.41) is 4.79. The van der Waals surface area contributed by atoms with E-state index in [0.29, 0.717) is 0 Å². The summed E-state index contributed by atoms with van der Waals surface area (Å²) in [6.45, 7) is 0. The molecule has 13 rings (SSSR count). The fourth-order valence-corrected chi connectivity index (χ4v) is 11.8. The van der Waals surface area contributed by atoms with Crippen LogP contribution in [0.1, 0.15) is 22.3 Å². The van der Waals surface area contributed by atoms with Crippen LogP contribution in [0.3, 0.4) is 0 Å². The number of furan rings is 1. The molecule has 12 aromatic rings. The third-order valence-electron chi connectivity index (χ3n) is 13.4. The molecule has 0 radical (unpaired) electrons. The Balaban J connectivity index is 1.02. The van der Waals surface area contributed by atoms with Crippen LogP contribution < -0.4 is 4.90 Å². The number of hydrogen-bond acceptors (Lipinski definition) is 3. The average Bonchev–Trinajstić information content (AvgIpc) is 4.04. The van der Waals surface area contributed by atoms with Gasteiger partial charge < -0.3 is 9.32 Å². The van der Waals surface area contributed by atoms with Gasteiger partial charge in [0.2, 0.25) is 0 Å². The van der Waals surface area contributed by atoms with Crippen LogP contribution in [0.15, 0.2) is 241 Å². The highest BCUT2D eigenvalue weighted by molar-refractivity contribution is 7.26. The maximum atomic E-state index is 7.45. The molecular formula is C61H39NOS. The zero-order valence-corrected chi connectivity index (χ0v) is 35.6. The van der Waals surface area contributed by atoms with Crippen molar-refractivity contribution >= 4 is 70.5 Å². The molecule has 2 heterocycles. The van der Waals surface area contributed by atoms with Crippen LogP contribution in [0.4, 0.5) is 17.1 Å². The molecule has 1 aliphatic rings. The molecule has 0 unspecified atom stereocenters. The monoisotopic (exact) mass is 833 g/mol. The van der Waals surface area contributed by atoms with Gasteiger partial charge in [0, 0.05) is 47.9 Å². The third kappa shape index (κ3) is 5.44. The number of thiophene rings is 1. The lowest BCUT2D eigenvalue weighted by Crippen LogP contribution is -2.28. The summed E-state index contributed by atoms with van der Waals surface area (Å²) in [5.74, 6) is 0. The van der Waals surface area contributed by atoms with Crippen molar-refractivity contribution in [2.24, 2.45) is 0 Å². The fraction of sp³-hybridized carbons (Fsp3) is 0.0164. The topological polar surface area (TPSA) is 16.4 Å². The maximum absolute atomic E-state index is 7.45. The second kappa shape index (κ2) is 14.6. The molecule has 0 saturated carbocycles. The summed E-state index contributed by atoms with van der Waals surface area (Å²) < 4.78 is 10.1. The van der Waals surface area contributed by atoms with Crippen LogP contribution >= 0.6 is 11.3 Å². The van der Waals surface area contributed by atoms with E-state index in [1.807, 2.05) is 11.3 Å². The highest BCUT2D eigenvalue weighted by Gasteiger charge is 2.47. The molecule has 1 aliphatic carbocycles. The number of para-hydroxylation sites is 2. The summed E-state index contributed by atoms with van der Waals surface area (Å²) in [4.78, 5) is 2.36. The van der Waals surface area contributed by atoms with Crippen LogP contribution in [0.5, 0.6) is 0 Å². The van der Waals surface area contributed by atoms with Crippen molar-refractivity contribution in [2.75, 3.05) is 4.90 Å². The van der Waals surface area contributed by atoms with Crippen LogP contribution in [-0.2, 0) is 5.41 Å². The van der Waals surface area contributed by atoms with Gasteiger partial charge in [-0.2, -0.15) is 0 Å². The Kier molecular flexibility index (Phi) is 8.34. The molecule has 64 heavy (non-hydrogen) atoms. The Morgan fingerprint density at radius 2 is 0.844 bits per heavy atom. The van der Waals surface area contributed by atoms with Crippen molar-refractivity contribution in [3.63, 3.8) is 0 Å². The summed E-state index contributed by atoms with van der Waals surface area (Å²) in [6.07, 6.45) is 0. The average molecular weight is 834 g/mol. The van der Waals surface area contributed by atoms with Gasteiger partial charge in [-0.1, -0.05) is 200 Å². The van der Waals surface area contributed by atoms with Crippen molar-refractivity contribution < 1.29 is 4.42 Å². The highest BCUT2D eigenvalue weighted by atomic mass is 32.1. The highest BCUT2D eigenvalue weighted by Crippen LogP contribution is 2.58. The van der Waals surface area contributed by atoms with Gasteiger partial charge in [0.15, 0.2) is 5.58 Å². The Morgan fingerprint density at radius 1 is 0.344 bits per heavy atom. The molecule has 0 atom stereocenters. The summed E-state index contributed by atoms with van der Waals surface area (Å²) in [5.41, 5.74) is 16.4. The summed E-state index contributed by atoms with van der Waals surface area (Å²) in [7, 11) is 0. The minimum Gasteiger partial charge on any atom is -0.453 e. The first kappa shape index (κ1) is 36.7. The summed E-state index contributed by atoms with van der Waals surface area (Å²) in [6, 6.07) is 86.1. The van der Waals surface area contributed by atoms with E-state index in [2.05, 4.69) is 241 Å². The molecule has 2 nitrogen and oxygen atoms in total. The zero-order valence-electron chi connectivity index (χ0n) is 34.8. The Bertz CT molecular complexity index is 3670. The minimum atomic E-state index is -0.595. The molecule has 0 bridgehead atoms. The fourth-order valence-electron chi connectivity index (χ4n) is 10.6. The number of fused-ring (bicyclic) bond motifs is 9. The predicted octanol–water partition coefficient (Wildman–Crippen LogP) is 17.1. The SMILES string of the molecule is c1ccc(-c2ccc(N(c3ccc(-c4cccc5c4sc4ccccc45)cc3)c3cccc4c3oc3c(C5(c6ccccc6)c6ccccc6-c6ccccc65)cccc34)cc2)cc1. The normalized spacial score (nSPS) is 12.8. The molecule has 10 aromatic carbocycles. The lowest BCUT2D eigenvalue weighted by Gasteiger charge is -2.33. The number of rotatable bonds is 7. The molecule has 0 amide bonds. The van der Waals surface area contributed by atoms with Crippen molar-refractivity contribution in [2.45, 2.75) is 5.41 Å². The van der Waals surface area contributed by atoms with Gasteiger partial charge in [0.05, 0.1) is 11.1 Å². The standard InChI is InChI=1S/C61H39NOS/c1-3-16-40(17-4-1)41-32-36-44(37-33-41)62(45-38-34-42(35-39-45)46-23-13-26-52-49-22-9-12-31-57(49)64-60(46)52)56-30-15-25-51-50-24-14-29-55(58(50)63-59(51)56)61(43-18-5-2-6-19-43)53-27-10-7-20-47(53)48-21-8-11-28-54(48)61/h1-39H. The third-order valence-corrected chi connectivity index (χ3v) is 14.6. The van der Waals surface area contributed by atoms with E-state index in [4.69, 9.17) is 4.42 Å². The second-order valence-corrected chi connectivity index (χ2v) is 17.8. The molecule has 0 saturated heterocycles. The molecule has 0 fully saturated rings. The van der Waals surface area contributed by atoms with E-state index in [1.165, 1.54) is 70.2 Å². The van der Waals surface area contributed by atoms with E-state index < -0.39 is 5.41 Å². The van der Waals surface area contributed by atoms with Gasteiger partial charge in [-0.3, -0.25) is 0 Å². The van der Waals surface area contributed by atoms with Crippen molar-refractivity contribution in [3.8, 4) is 33.4 Å². The predicted molar refractivity (Wildman–Crippen MR) is 269 cm³/mol. The Morgan fingerprint density at radius 3 is 1.56 bits per heavy atom. The number of anilines is 3. The van der Waals surface area contributed by atoms with E-state index >= 15 is 0 Å². The first-order valence-electron chi connectivity index (χ1n) is 21.9. The summed E-state index contributed by atoms with van der Waals surface area (Å²) >= 11 is 1.87. The quantitative estimate of drug-likeness (QED) is 0.159. The van der Waals surface area contributed by atoms with Crippen LogP contribution in [-0.4, -0.2) is 0 Å². The molecule has 0 N–H and O–H groups in total. The molecular weight excluding hydrogens is 795 g/mol. The van der Waals surface area contributed by atoms with E-state index in [-0.39, 0.29) is 0 Å². The first-order valence-corrected chi connectivity index (χ1v) is 22.7. The molecule has 0 spiro atoms. The van der Waals surface area contributed by atoms with E-state index in [1.54, 1.807) is 0 Å². The van der Waals surface area contributed by atoms with Crippen molar-refractivity contribution in [1.29, 1.82) is 0 Å². The van der Waals surface area contributed by atoms with Gasteiger partial charge in [-0.15, -0.1) is 11.3 Å². The van der Waals surface area contributed by atoms with Crippen molar-refractivity contribution in [3.05, 3.63) is 259 Å². The first-order chi connectivity index (χ1) is 31.8. The lowest BCUT2D eigenvalue weighted by molar-refractivity contribution is 0.648. The second-order valence-electron chi connectivity index (χ2n) is 16.7. The Labute approximate surface area is 375 Å².